The average Bonchev–Trinajstić information content (AvgIpc) is 1.85. The molecule has 1 atom stereocenters. The number of hydrogen-bond acceptors (Lipinski definition) is 3. The average molecular weight is 208 g/mol. The second-order valence-corrected chi connectivity index (χ2v) is 1.60. The molecule has 68 valence electrons. The number of carboxylic acids is 2. The molecule has 0 aromatic rings. The van der Waals surface area contributed by atoms with Gasteiger partial charge in [0.1, 0.15) is 0 Å². The van der Waals surface area contributed by atoms with Crippen molar-refractivity contribution in [3.63, 3.8) is 0 Å². The zero-order valence-corrected chi connectivity index (χ0v) is 6.71. The Balaban J connectivity index is -0.000000177. The molecule has 0 aromatic heterocycles. The monoisotopic (exact) mass is 208 g/mol. The first kappa shape index (κ1) is 18.0. The van der Waals surface area contributed by atoms with Crippen molar-refractivity contribution in [2.24, 2.45) is 0 Å². The van der Waals surface area contributed by atoms with E-state index in [0.29, 0.717) is 0 Å². The van der Waals surface area contributed by atoms with Crippen LogP contribution >= 0.6 is 8.69 Å². The summed E-state index contributed by atoms with van der Waals surface area (Å²) in [4.78, 5) is 26.4. The van der Waals surface area contributed by atoms with Crippen LogP contribution in [0.2, 0.25) is 0 Å². The Morgan fingerprint density at radius 2 is 1.25 bits per heavy atom. The predicted octanol–water partition coefficient (Wildman–Crippen LogP) is -1.06. The fraction of sp³-hybridized carbons (Fsp3) is 0.500. The number of hydrogen-bond donors (Lipinski definition) is 3. The molecular weight excluding hydrogens is 198 g/mol. The summed E-state index contributed by atoms with van der Waals surface area (Å²) in [6.07, 6.45) is -0.593. The molecule has 0 aliphatic heterocycles. The van der Waals surface area contributed by atoms with Crippen LogP contribution in [0, 0.1) is 0 Å². The van der Waals surface area contributed by atoms with Crippen molar-refractivity contribution < 1.29 is 29.3 Å². The van der Waals surface area contributed by atoms with E-state index in [1.54, 1.807) is 0 Å². The van der Waals surface area contributed by atoms with Crippen LogP contribution in [0.5, 0.6) is 0 Å². The van der Waals surface area contributed by atoms with Crippen LogP contribution in [0.4, 0.5) is 0 Å². The molecule has 0 heterocycles. The fourth-order valence-electron chi connectivity index (χ4n) is 0.214. The molecule has 1 unspecified atom stereocenters. The van der Waals surface area contributed by atoms with Crippen molar-refractivity contribution in [3.8, 4) is 0 Å². The van der Waals surface area contributed by atoms with Gasteiger partial charge in [0, 0.05) is 0 Å². The third-order valence-electron chi connectivity index (χ3n) is 0.553. The Morgan fingerprint density at radius 3 is 1.33 bits per heavy atom. The van der Waals surface area contributed by atoms with Gasteiger partial charge in [-0.15, -0.1) is 0 Å². The van der Waals surface area contributed by atoms with E-state index in [0.717, 1.165) is 0 Å². The van der Waals surface area contributed by atoms with Crippen molar-refractivity contribution in [1.29, 1.82) is 0 Å². The summed E-state index contributed by atoms with van der Waals surface area (Å²) in [7, 11) is -1.50. The molecule has 0 spiro atoms. The third kappa shape index (κ3) is 32.1. The quantitative estimate of drug-likeness (QED) is 0.402. The first-order chi connectivity index (χ1) is 5.04. The van der Waals surface area contributed by atoms with E-state index in [-0.39, 0.29) is 42.4 Å². The SMILES string of the molecule is O=C(O)CCC(=O)O.O=[PH2]O.[NaH]. The zero-order valence-electron chi connectivity index (χ0n) is 5.56. The molecule has 6 nitrogen and oxygen atoms in total. The Labute approximate surface area is 92.2 Å². The Bertz CT molecular complexity index is 134. The van der Waals surface area contributed by atoms with Crippen molar-refractivity contribution in [1.82, 2.24) is 0 Å². The van der Waals surface area contributed by atoms with Gasteiger partial charge < -0.3 is 15.1 Å². The van der Waals surface area contributed by atoms with Crippen LogP contribution in [-0.2, 0) is 14.2 Å². The van der Waals surface area contributed by atoms with E-state index in [1.807, 2.05) is 0 Å². The molecule has 0 amide bonds. The molecule has 0 aliphatic rings. The van der Waals surface area contributed by atoms with Gasteiger partial charge >= 0.3 is 41.5 Å². The Kier molecular flexibility index (Phi) is 20.6. The summed E-state index contributed by atoms with van der Waals surface area (Å²) in [5.74, 6) is -2.15. The van der Waals surface area contributed by atoms with Crippen molar-refractivity contribution >= 4 is 50.2 Å². The van der Waals surface area contributed by atoms with Crippen molar-refractivity contribution in [3.05, 3.63) is 0 Å². The molecular formula is C4H10NaO6P. The normalized spacial score (nSPS) is 8.08. The van der Waals surface area contributed by atoms with Crippen LogP contribution in [0.1, 0.15) is 12.8 Å². The molecule has 12 heavy (non-hydrogen) atoms. The molecule has 0 bridgehead atoms. The van der Waals surface area contributed by atoms with Crippen molar-refractivity contribution in [2.45, 2.75) is 12.8 Å². The summed E-state index contributed by atoms with van der Waals surface area (Å²) in [5, 5.41) is 15.8. The van der Waals surface area contributed by atoms with Gasteiger partial charge in [0.25, 0.3) is 0 Å². The van der Waals surface area contributed by atoms with E-state index < -0.39 is 20.6 Å². The first-order valence-electron chi connectivity index (χ1n) is 2.56. The minimum absolute atomic E-state index is 0. The molecule has 0 fully saturated rings. The van der Waals surface area contributed by atoms with Gasteiger partial charge in [-0.25, -0.2) is 0 Å². The first-order valence-corrected chi connectivity index (χ1v) is 3.54. The van der Waals surface area contributed by atoms with Gasteiger partial charge in [0.15, 0.2) is 8.69 Å². The number of carboxylic acid groups (broad SMARTS) is 2. The van der Waals surface area contributed by atoms with E-state index in [4.69, 9.17) is 19.7 Å². The zero-order chi connectivity index (χ0) is 9.28. The standard InChI is InChI=1S/C4H6O4.Na.H3O2P.H/c5-3(6)1-2-4(7)8;;1-3-2;/h1-2H2,(H,5,6)(H,7,8);;3H2,(H,1,2);. The molecule has 0 aromatic carbocycles. The molecule has 0 saturated heterocycles. The number of carbonyl (C=O) groups is 2. The summed E-state index contributed by atoms with van der Waals surface area (Å²) < 4.78 is 8.57. The van der Waals surface area contributed by atoms with Crippen LogP contribution in [0.25, 0.3) is 0 Å². The van der Waals surface area contributed by atoms with Gasteiger partial charge in [0.2, 0.25) is 0 Å². The van der Waals surface area contributed by atoms with E-state index >= 15 is 0 Å². The van der Waals surface area contributed by atoms with Crippen LogP contribution in [-0.4, -0.2) is 56.6 Å². The van der Waals surface area contributed by atoms with Gasteiger partial charge in [-0.1, -0.05) is 0 Å². The fourth-order valence-corrected chi connectivity index (χ4v) is 0.214. The minimum atomic E-state index is -1.50. The summed E-state index contributed by atoms with van der Waals surface area (Å²) in [6, 6.07) is 0. The number of aliphatic carboxylic acids is 2. The molecule has 3 N–H and O–H groups in total. The predicted molar refractivity (Wildman–Crippen MR) is 44.3 cm³/mol. The molecule has 0 radical (unpaired) electrons. The Hall–Kier alpha value is 0.130. The van der Waals surface area contributed by atoms with Gasteiger partial charge in [-0.3, -0.25) is 14.2 Å². The maximum atomic E-state index is 9.64. The third-order valence-corrected chi connectivity index (χ3v) is 0.553. The summed E-state index contributed by atoms with van der Waals surface area (Å²) >= 11 is 0. The maximum absolute atomic E-state index is 9.64. The molecule has 0 saturated carbocycles. The summed E-state index contributed by atoms with van der Waals surface area (Å²) in [5.41, 5.74) is 0. The Morgan fingerprint density at radius 1 is 1.08 bits per heavy atom. The number of rotatable bonds is 3. The molecule has 0 rings (SSSR count). The van der Waals surface area contributed by atoms with E-state index in [2.05, 4.69) is 0 Å². The molecule has 8 heteroatoms. The summed E-state index contributed by atoms with van der Waals surface area (Å²) in [6.45, 7) is 0. The van der Waals surface area contributed by atoms with Crippen LogP contribution < -0.4 is 0 Å². The second kappa shape index (κ2) is 13.7. The van der Waals surface area contributed by atoms with Gasteiger partial charge in [-0.2, -0.15) is 0 Å². The second-order valence-electron chi connectivity index (χ2n) is 1.39. The van der Waals surface area contributed by atoms with Crippen molar-refractivity contribution in [2.75, 3.05) is 0 Å². The van der Waals surface area contributed by atoms with E-state index in [9.17, 15) is 9.59 Å². The van der Waals surface area contributed by atoms with Crippen LogP contribution in [0.15, 0.2) is 0 Å². The molecule has 0 aliphatic carbocycles. The van der Waals surface area contributed by atoms with Gasteiger partial charge in [-0.05, 0) is 0 Å². The topological polar surface area (TPSA) is 112 Å². The van der Waals surface area contributed by atoms with Gasteiger partial charge in [0.05, 0.1) is 12.8 Å². The van der Waals surface area contributed by atoms with Crippen LogP contribution in [0.3, 0.4) is 0 Å². The van der Waals surface area contributed by atoms with E-state index in [1.165, 1.54) is 0 Å².